The molecule has 21 heavy (non-hydrogen) atoms. The van der Waals surface area contributed by atoms with Gasteiger partial charge in [0, 0.05) is 25.4 Å². The number of likely N-dealkylation sites (N-methyl/N-ethyl adjacent to an activating group) is 1. The number of hydrogen-bond donors (Lipinski definition) is 1. The summed E-state index contributed by atoms with van der Waals surface area (Å²) in [5.41, 5.74) is 3.22. The first-order valence-corrected chi connectivity index (χ1v) is 7.37. The minimum Gasteiger partial charge on any atom is -0.370 e. The van der Waals surface area contributed by atoms with Gasteiger partial charge in [0.2, 0.25) is 0 Å². The summed E-state index contributed by atoms with van der Waals surface area (Å²) in [5, 5.41) is 3.13. The average molecular weight is 285 g/mol. The smallest absolute Gasteiger partial charge is 0.254 e. The molecule has 0 aliphatic heterocycles. The Balaban J connectivity index is 2.12. The molecule has 0 saturated carbocycles. The molecule has 2 rings (SSSR count). The molecular formula is C17H23N3O. The lowest BCUT2D eigenvalue weighted by Gasteiger charge is -2.26. The predicted molar refractivity (Wildman–Crippen MR) is 86.4 cm³/mol. The Morgan fingerprint density at radius 2 is 2.29 bits per heavy atom. The third kappa shape index (κ3) is 3.51. The summed E-state index contributed by atoms with van der Waals surface area (Å²) in [6, 6.07) is 3.67. The number of amides is 1. The van der Waals surface area contributed by atoms with Crippen LogP contribution in [0.25, 0.3) is 0 Å². The molecule has 1 aromatic rings. The Morgan fingerprint density at radius 3 is 2.90 bits per heavy atom. The number of nitrogens with one attached hydrogen (secondary N) is 1. The lowest BCUT2D eigenvalue weighted by Crippen LogP contribution is -2.36. The van der Waals surface area contributed by atoms with Gasteiger partial charge in [0.15, 0.2) is 0 Å². The number of carbonyl (C=O) groups is 1. The minimum absolute atomic E-state index is 0.0227. The first-order valence-electron chi connectivity index (χ1n) is 7.37. The van der Waals surface area contributed by atoms with Crippen molar-refractivity contribution >= 4 is 11.7 Å². The molecule has 112 valence electrons. The highest BCUT2D eigenvalue weighted by atomic mass is 16.2. The second-order valence-electron chi connectivity index (χ2n) is 5.42. The molecule has 0 bridgehead atoms. The molecule has 1 unspecified atom stereocenters. The molecule has 4 nitrogen and oxygen atoms in total. The van der Waals surface area contributed by atoms with Gasteiger partial charge in [0.1, 0.15) is 5.82 Å². The maximum Gasteiger partial charge on any atom is 0.254 e. The number of anilines is 1. The molecule has 1 atom stereocenters. The van der Waals surface area contributed by atoms with E-state index in [9.17, 15) is 4.79 Å². The number of rotatable bonds is 5. The SMILES string of the molecule is CCNc1cc(C(=O)N(C)C(C)C2=CC(C)=CC2)ccn1. The highest BCUT2D eigenvalue weighted by Gasteiger charge is 2.21. The number of carbonyl (C=O) groups excluding carboxylic acids is 1. The van der Waals surface area contributed by atoms with Crippen LogP contribution in [-0.2, 0) is 0 Å². The van der Waals surface area contributed by atoms with Gasteiger partial charge in [0.25, 0.3) is 5.91 Å². The van der Waals surface area contributed by atoms with Gasteiger partial charge in [0.05, 0.1) is 6.04 Å². The molecule has 0 saturated heterocycles. The largest absolute Gasteiger partial charge is 0.370 e. The van der Waals surface area contributed by atoms with Gasteiger partial charge in [-0.3, -0.25) is 4.79 Å². The van der Waals surface area contributed by atoms with Gasteiger partial charge in [-0.15, -0.1) is 0 Å². The highest BCUT2D eigenvalue weighted by Crippen LogP contribution is 2.23. The highest BCUT2D eigenvalue weighted by molar-refractivity contribution is 5.95. The van der Waals surface area contributed by atoms with Gasteiger partial charge < -0.3 is 10.2 Å². The molecular weight excluding hydrogens is 262 g/mol. The predicted octanol–water partition coefficient (Wildman–Crippen LogP) is 3.25. The maximum atomic E-state index is 12.6. The van der Waals surface area contributed by atoms with Crippen molar-refractivity contribution in [3.8, 4) is 0 Å². The van der Waals surface area contributed by atoms with Crippen LogP contribution in [0.3, 0.4) is 0 Å². The number of nitrogens with zero attached hydrogens (tertiary/aromatic N) is 2. The standard InChI is InChI=1S/C17H23N3O/c1-5-18-16-11-15(8-9-19-16)17(21)20(4)13(3)14-7-6-12(2)10-14/h6,8-11,13H,5,7H2,1-4H3,(H,18,19). The average Bonchev–Trinajstić information content (AvgIpc) is 2.92. The Bertz CT molecular complexity index is 589. The zero-order valence-corrected chi connectivity index (χ0v) is 13.2. The van der Waals surface area contributed by atoms with Crippen LogP contribution in [-0.4, -0.2) is 35.4 Å². The Morgan fingerprint density at radius 1 is 1.52 bits per heavy atom. The molecule has 1 N–H and O–H groups in total. The zero-order valence-electron chi connectivity index (χ0n) is 13.2. The van der Waals surface area contributed by atoms with Crippen molar-refractivity contribution in [2.75, 3.05) is 18.9 Å². The molecule has 1 aromatic heterocycles. The fourth-order valence-corrected chi connectivity index (χ4v) is 2.45. The molecule has 1 amide bonds. The minimum atomic E-state index is 0.0227. The van der Waals surface area contributed by atoms with Crippen LogP contribution in [0.1, 0.15) is 37.6 Å². The first kappa shape index (κ1) is 15.3. The molecule has 1 heterocycles. The van der Waals surface area contributed by atoms with Crippen LogP contribution < -0.4 is 5.32 Å². The van der Waals surface area contributed by atoms with Gasteiger partial charge in [-0.05, 0) is 44.9 Å². The number of hydrogen-bond acceptors (Lipinski definition) is 3. The summed E-state index contributed by atoms with van der Waals surface area (Å²) < 4.78 is 0. The van der Waals surface area contributed by atoms with E-state index in [1.807, 2.05) is 20.0 Å². The first-order chi connectivity index (χ1) is 10.0. The Labute approximate surface area is 126 Å². The van der Waals surface area contributed by atoms with Crippen LogP contribution in [0.15, 0.2) is 41.6 Å². The van der Waals surface area contributed by atoms with Crippen LogP contribution >= 0.6 is 0 Å². The second-order valence-corrected chi connectivity index (χ2v) is 5.42. The van der Waals surface area contributed by atoms with Crippen molar-refractivity contribution in [1.29, 1.82) is 0 Å². The van der Waals surface area contributed by atoms with Crippen molar-refractivity contribution in [3.63, 3.8) is 0 Å². The van der Waals surface area contributed by atoms with Crippen molar-refractivity contribution in [2.45, 2.75) is 33.2 Å². The maximum absolute atomic E-state index is 12.6. The van der Waals surface area contributed by atoms with E-state index in [0.29, 0.717) is 5.56 Å². The van der Waals surface area contributed by atoms with Crippen LogP contribution in [0.5, 0.6) is 0 Å². The van der Waals surface area contributed by atoms with Gasteiger partial charge >= 0.3 is 0 Å². The van der Waals surface area contributed by atoms with Crippen LogP contribution in [0.2, 0.25) is 0 Å². The van der Waals surface area contributed by atoms with Crippen LogP contribution in [0, 0.1) is 0 Å². The van der Waals surface area contributed by atoms with E-state index in [0.717, 1.165) is 18.8 Å². The van der Waals surface area contributed by atoms with Crippen LogP contribution in [0.4, 0.5) is 5.82 Å². The summed E-state index contributed by atoms with van der Waals surface area (Å²) in [6.07, 6.45) is 6.97. The molecule has 0 spiro atoms. The van der Waals surface area contributed by atoms with E-state index >= 15 is 0 Å². The van der Waals surface area contributed by atoms with Crippen molar-refractivity contribution < 1.29 is 4.79 Å². The normalized spacial score (nSPS) is 15.2. The van der Waals surface area contributed by atoms with E-state index in [1.165, 1.54) is 11.1 Å². The quantitative estimate of drug-likeness (QED) is 0.903. The molecule has 0 fully saturated rings. The molecule has 4 heteroatoms. The van der Waals surface area contributed by atoms with Crippen molar-refractivity contribution in [2.24, 2.45) is 0 Å². The fraction of sp³-hybridized carbons (Fsp3) is 0.412. The molecule has 1 aliphatic carbocycles. The Kier molecular flexibility index (Phi) is 4.78. The second kappa shape index (κ2) is 6.57. The van der Waals surface area contributed by atoms with Gasteiger partial charge in [-0.1, -0.05) is 17.7 Å². The van der Waals surface area contributed by atoms with E-state index in [4.69, 9.17) is 0 Å². The van der Waals surface area contributed by atoms with Gasteiger partial charge in [-0.25, -0.2) is 4.98 Å². The third-order valence-corrected chi connectivity index (χ3v) is 3.88. The van der Waals surface area contributed by atoms with Crippen molar-refractivity contribution in [1.82, 2.24) is 9.88 Å². The molecule has 1 aliphatic rings. The summed E-state index contributed by atoms with van der Waals surface area (Å²) in [4.78, 5) is 18.6. The molecule has 0 aromatic carbocycles. The van der Waals surface area contributed by atoms with E-state index in [-0.39, 0.29) is 11.9 Å². The zero-order chi connectivity index (χ0) is 15.4. The summed E-state index contributed by atoms with van der Waals surface area (Å²) in [7, 11) is 1.86. The number of allylic oxidation sites excluding steroid dienone is 3. The lowest BCUT2D eigenvalue weighted by atomic mass is 10.1. The summed E-state index contributed by atoms with van der Waals surface area (Å²) in [6.45, 7) is 6.96. The monoisotopic (exact) mass is 285 g/mol. The van der Waals surface area contributed by atoms with E-state index in [2.05, 4.69) is 36.3 Å². The number of aromatic nitrogens is 1. The molecule has 0 radical (unpaired) electrons. The lowest BCUT2D eigenvalue weighted by molar-refractivity contribution is 0.0763. The van der Waals surface area contributed by atoms with E-state index in [1.54, 1.807) is 17.2 Å². The topological polar surface area (TPSA) is 45.2 Å². The van der Waals surface area contributed by atoms with Gasteiger partial charge in [-0.2, -0.15) is 0 Å². The third-order valence-electron chi connectivity index (χ3n) is 3.88. The summed E-state index contributed by atoms with van der Waals surface area (Å²) in [5.74, 6) is 0.761. The Hall–Kier alpha value is -2.10. The number of pyridine rings is 1. The summed E-state index contributed by atoms with van der Waals surface area (Å²) >= 11 is 0. The van der Waals surface area contributed by atoms with E-state index < -0.39 is 0 Å². The fourth-order valence-electron chi connectivity index (χ4n) is 2.45. The van der Waals surface area contributed by atoms with Crippen molar-refractivity contribution in [3.05, 3.63) is 47.2 Å².